The van der Waals surface area contributed by atoms with Gasteiger partial charge in [0.05, 0.1) is 12.7 Å². The fraction of sp³-hybridized carbons (Fsp3) is 0.333. The molecule has 0 saturated carbocycles. The highest BCUT2D eigenvalue weighted by atomic mass is 19.1. The van der Waals surface area contributed by atoms with Crippen LogP contribution in [0.4, 0.5) is 4.39 Å². The first-order chi connectivity index (χ1) is 13.0. The maximum Gasteiger partial charge on any atom is 0.337 e. The molecule has 2 aromatic carbocycles. The Bertz CT molecular complexity index is 828. The molecule has 1 amide bonds. The van der Waals surface area contributed by atoms with Crippen LogP contribution in [0.15, 0.2) is 42.5 Å². The molecule has 0 N–H and O–H groups in total. The van der Waals surface area contributed by atoms with Crippen molar-refractivity contribution in [2.24, 2.45) is 0 Å². The number of rotatable bonds is 4. The lowest BCUT2D eigenvalue weighted by Gasteiger charge is -2.34. The van der Waals surface area contributed by atoms with Crippen LogP contribution in [-0.2, 0) is 11.3 Å². The highest BCUT2D eigenvalue weighted by Crippen LogP contribution is 2.15. The lowest BCUT2D eigenvalue weighted by Crippen LogP contribution is -2.48. The van der Waals surface area contributed by atoms with Crippen molar-refractivity contribution in [3.05, 3.63) is 70.5 Å². The van der Waals surface area contributed by atoms with E-state index >= 15 is 0 Å². The third kappa shape index (κ3) is 4.52. The highest BCUT2D eigenvalue weighted by Gasteiger charge is 2.22. The number of aryl methyl sites for hydroxylation is 1. The van der Waals surface area contributed by atoms with Gasteiger partial charge in [0.25, 0.3) is 5.91 Å². The summed E-state index contributed by atoms with van der Waals surface area (Å²) in [5.41, 5.74) is 2.56. The number of carbonyl (C=O) groups is 2. The Kier molecular flexibility index (Phi) is 5.86. The maximum absolute atomic E-state index is 13.7. The van der Waals surface area contributed by atoms with Gasteiger partial charge in [-0.1, -0.05) is 18.2 Å². The van der Waals surface area contributed by atoms with Gasteiger partial charge < -0.3 is 9.64 Å². The predicted molar refractivity (Wildman–Crippen MR) is 100 cm³/mol. The second-order valence-corrected chi connectivity index (χ2v) is 6.72. The SMILES string of the molecule is COC(=O)c1ccc(CN2CCN(C(=O)c3ccc(C)c(F)c3)CC2)cc1. The van der Waals surface area contributed by atoms with Crippen molar-refractivity contribution in [2.75, 3.05) is 33.3 Å². The van der Waals surface area contributed by atoms with Crippen LogP contribution < -0.4 is 0 Å². The molecule has 1 aliphatic rings. The Morgan fingerprint density at radius 3 is 2.22 bits per heavy atom. The summed E-state index contributed by atoms with van der Waals surface area (Å²) in [5.74, 6) is -0.827. The zero-order valence-electron chi connectivity index (χ0n) is 15.6. The number of esters is 1. The minimum atomic E-state index is -0.352. The van der Waals surface area contributed by atoms with Crippen molar-refractivity contribution in [1.82, 2.24) is 9.80 Å². The first-order valence-corrected chi connectivity index (χ1v) is 8.93. The predicted octanol–water partition coefficient (Wildman–Crippen LogP) is 2.88. The number of hydrogen-bond donors (Lipinski definition) is 0. The molecule has 2 aromatic rings. The van der Waals surface area contributed by atoms with Gasteiger partial charge in [0.15, 0.2) is 0 Å². The van der Waals surface area contributed by atoms with Crippen LogP contribution in [0.2, 0.25) is 0 Å². The van der Waals surface area contributed by atoms with Crippen LogP contribution in [-0.4, -0.2) is 55.0 Å². The summed E-state index contributed by atoms with van der Waals surface area (Å²) in [7, 11) is 1.36. The molecule has 0 spiro atoms. The van der Waals surface area contributed by atoms with Crippen LogP contribution in [0.1, 0.15) is 31.8 Å². The highest BCUT2D eigenvalue weighted by molar-refractivity contribution is 5.94. The van der Waals surface area contributed by atoms with E-state index in [1.54, 1.807) is 36.1 Å². The Balaban J connectivity index is 1.54. The fourth-order valence-electron chi connectivity index (χ4n) is 3.14. The summed E-state index contributed by atoms with van der Waals surface area (Å²) in [6.45, 7) is 5.14. The lowest BCUT2D eigenvalue weighted by molar-refractivity contribution is 0.0599. The van der Waals surface area contributed by atoms with E-state index < -0.39 is 0 Å². The summed E-state index contributed by atoms with van der Waals surface area (Å²) in [6.07, 6.45) is 0. The van der Waals surface area contributed by atoms with Crippen LogP contribution in [0.5, 0.6) is 0 Å². The van der Waals surface area contributed by atoms with E-state index in [2.05, 4.69) is 4.90 Å². The van der Waals surface area contributed by atoms with Crippen LogP contribution in [0.25, 0.3) is 0 Å². The molecule has 1 heterocycles. The molecule has 142 valence electrons. The van der Waals surface area contributed by atoms with Gasteiger partial charge in [-0.2, -0.15) is 0 Å². The Labute approximate surface area is 158 Å². The van der Waals surface area contributed by atoms with Gasteiger partial charge in [-0.05, 0) is 42.3 Å². The smallest absolute Gasteiger partial charge is 0.337 e. The van der Waals surface area contributed by atoms with Gasteiger partial charge in [-0.15, -0.1) is 0 Å². The number of hydrogen-bond acceptors (Lipinski definition) is 4. The van der Waals surface area contributed by atoms with E-state index in [4.69, 9.17) is 4.74 Å². The number of carbonyl (C=O) groups excluding carboxylic acids is 2. The van der Waals surface area contributed by atoms with Crippen molar-refractivity contribution in [3.8, 4) is 0 Å². The monoisotopic (exact) mass is 370 g/mol. The largest absolute Gasteiger partial charge is 0.465 e. The number of amides is 1. The van der Waals surface area contributed by atoms with Gasteiger partial charge in [0.1, 0.15) is 5.82 Å². The van der Waals surface area contributed by atoms with Gasteiger partial charge in [-0.25, -0.2) is 9.18 Å². The van der Waals surface area contributed by atoms with Crippen molar-refractivity contribution in [2.45, 2.75) is 13.5 Å². The van der Waals surface area contributed by atoms with Gasteiger partial charge >= 0.3 is 5.97 Å². The molecular weight excluding hydrogens is 347 g/mol. The van der Waals surface area contributed by atoms with E-state index in [1.165, 1.54) is 13.2 Å². The average molecular weight is 370 g/mol. The fourth-order valence-corrected chi connectivity index (χ4v) is 3.14. The lowest BCUT2D eigenvalue weighted by atomic mass is 10.1. The zero-order chi connectivity index (χ0) is 19.4. The molecule has 0 aromatic heterocycles. The Morgan fingerprint density at radius 1 is 1.00 bits per heavy atom. The van der Waals surface area contributed by atoms with Crippen molar-refractivity contribution in [1.29, 1.82) is 0 Å². The second-order valence-electron chi connectivity index (χ2n) is 6.72. The molecule has 1 fully saturated rings. The van der Waals surface area contributed by atoms with Gasteiger partial charge in [-0.3, -0.25) is 9.69 Å². The topological polar surface area (TPSA) is 49.9 Å². The molecule has 3 rings (SSSR count). The van der Waals surface area contributed by atoms with E-state index in [9.17, 15) is 14.0 Å². The molecule has 0 atom stereocenters. The van der Waals surface area contributed by atoms with Crippen molar-refractivity contribution in [3.63, 3.8) is 0 Å². The molecule has 0 radical (unpaired) electrons. The number of nitrogens with zero attached hydrogens (tertiary/aromatic N) is 2. The third-order valence-electron chi connectivity index (χ3n) is 4.86. The van der Waals surface area contributed by atoms with E-state index in [0.717, 1.165) is 25.2 Å². The Hall–Kier alpha value is -2.73. The minimum absolute atomic E-state index is 0.129. The number of ether oxygens (including phenoxy) is 1. The van der Waals surface area contributed by atoms with Crippen molar-refractivity contribution >= 4 is 11.9 Å². The number of halogens is 1. The van der Waals surface area contributed by atoms with E-state index in [1.807, 2.05) is 12.1 Å². The molecule has 27 heavy (non-hydrogen) atoms. The molecule has 0 unspecified atom stereocenters. The molecule has 6 heteroatoms. The summed E-state index contributed by atoms with van der Waals surface area (Å²) in [6, 6.07) is 12.0. The van der Waals surface area contributed by atoms with Gasteiger partial charge in [0.2, 0.25) is 0 Å². The number of benzene rings is 2. The average Bonchev–Trinajstić information content (AvgIpc) is 2.70. The number of piperazine rings is 1. The summed E-state index contributed by atoms with van der Waals surface area (Å²) < 4.78 is 18.4. The van der Waals surface area contributed by atoms with Crippen LogP contribution in [0.3, 0.4) is 0 Å². The first-order valence-electron chi connectivity index (χ1n) is 8.93. The number of methoxy groups -OCH3 is 1. The normalized spacial score (nSPS) is 14.9. The quantitative estimate of drug-likeness (QED) is 0.777. The Morgan fingerprint density at radius 2 is 1.63 bits per heavy atom. The maximum atomic E-state index is 13.7. The third-order valence-corrected chi connectivity index (χ3v) is 4.86. The van der Waals surface area contributed by atoms with Crippen molar-refractivity contribution < 1.29 is 18.7 Å². The van der Waals surface area contributed by atoms with E-state index in [-0.39, 0.29) is 17.7 Å². The minimum Gasteiger partial charge on any atom is -0.465 e. The molecular formula is C21H23FN2O3. The van der Waals surface area contributed by atoms with Crippen LogP contribution in [0, 0.1) is 12.7 Å². The summed E-state index contributed by atoms with van der Waals surface area (Å²) >= 11 is 0. The molecule has 0 aliphatic carbocycles. The summed E-state index contributed by atoms with van der Waals surface area (Å²) in [5, 5.41) is 0. The summed E-state index contributed by atoms with van der Waals surface area (Å²) in [4.78, 5) is 28.1. The zero-order valence-corrected chi connectivity index (χ0v) is 15.6. The standard InChI is InChI=1S/C21H23FN2O3/c1-15-3-6-18(13-19(15)22)20(25)24-11-9-23(10-12-24)14-16-4-7-17(8-5-16)21(26)27-2/h3-8,13H,9-12,14H2,1-2H3. The second kappa shape index (κ2) is 8.31. The molecule has 1 aliphatic heterocycles. The molecule has 1 saturated heterocycles. The van der Waals surface area contributed by atoms with E-state index in [0.29, 0.717) is 29.8 Å². The van der Waals surface area contributed by atoms with Gasteiger partial charge in [0, 0.05) is 38.3 Å². The first kappa shape index (κ1) is 19.0. The van der Waals surface area contributed by atoms with Crippen LogP contribution >= 0.6 is 0 Å². The molecule has 0 bridgehead atoms. The molecule has 5 nitrogen and oxygen atoms in total.